The van der Waals surface area contributed by atoms with Crippen LogP contribution in [-0.4, -0.2) is 58.1 Å². The van der Waals surface area contributed by atoms with Crippen molar-refractivity contribution in [3.63, 3.8) is 0 Å². The molecule has 10 heteroatoms. The van der Waals surface area contributed by atoms with Crippen LogP contribution in [-0.2, 0) is 19.0 Å². The van der Waals surface area contributed by atoms with Gasteiger partial charge in [0.1, 0.15) is 17.6 Å². The van der Waals surface area contributed by atoms with Crippen molar-refractivity contribution in [2.45, 2.75) is 24.5 Å². The Balaban J connectivity index is 1.88. The predicted molar refractivity (Wildman–Crippen MR) is 91.9 cm³/mol. The van der Waals surface area contributed by atoms with Crippen LogP contribution >= 0.6 is 23.2 Å². The lowest BCUT2D eigenvalue weighted by Crippen LogP contribution is -2.34. The molecule has 2 fully saturated rings. The van der Waals surface area contributed by atoms with Gasteiger partial charge in [0.05, 0.1) is 30.3 Å². The fourth-order valence-corrected chi connectivity index (χ4v) is 4.74. The summed E-state index contributed by atoms with van der Waals surface area (Å²) in [5, 5.41) is 0.771. The van der Waals surface area contributed by atoms with E-state index in [4.69, 9.17) is 32.7 Å². The maximum Gasteiger partial charge on any atom is 0.410 e. The molecule has 0 bridgehead atoms. The van der Waals surface area contributed by atoms with Crippen molar-refractivity contribution < 1.29 is 26.9 Å². The third-order valence-corrected chi connectivity index (χ3v) is 6.67. The first-order chi connectivity index (χ1) is 11.8. The summed E-state index contributed by atoms with van der Waals surface area (Å²) in [5.74, 6) is 0.0607. The lowest BCUT2D eigenvalue weighted by Gasteiger charge is -2.18. The molecule has 0 saturated carbocycles. The highest BCUT2D eigenvalue weighted by Crippen LogP contribution is 2.45. The van der Waals surface area contributed by atoms with Crippen molar-refractivity contribution in [1.29, 1.82) is 0 Å². The molecule has 1 amide bonds. The molecule has 2 aliphatic rings. The number of amides is 1. The smallest absolute Gasteiger partial charge is 0.410 e. The van der Waals surface area contributed by atoms with Crippen LogP contribution in [0.3, 0.4) is 0 Å². The van der Waals surface area contributed by atoms with Crippen molar-refractivity contribution >= 4 is 39.4 Å². The molecule has 3 rings (SSSR count). The normalized spacial score (nSPS) is 25.8. The molecule has 0 N–H and O–H groups in total. The largest absolute Gasteiger partial charge is 0.496 e. The molecule has 2 heterocycles. The van der Waals surface area contributed by atoms with E-state index < -0.39 is 22.3 Å². The summed E-state index contributed by atoms with van der Waals surface area (Å²) in [4.78, 5) is 13.6. The van der Waals surface area contributed by atoms with Gasteiger partial charge in [0, 0.05) is 18.0 Å². The average Bonchev–Trinajstić information content (AvgIpc) is 3.11. The molecule has 1 aromatic rings. The zero-order valence-corrected chi connectivity index (χ0v) is 15.9. The molecular formula is C15H17Cl2NO6S. The van der Waals surface area contributed by atoms with Gasteiger partial charge in [-0.15, -0.1) is 0 Å². The van der Waals surface area contributed by atoms with Crippen LogP contribution in [0.25, 0.3) is 0 Å². The molecule has 7 nitrogen and oxygen atoms in total. The van der Waals surface area contributed by atoms with Crippen LogP contribution in [0.2, 0.25) is 10.0 Å². The Bertz CT molecular complexity index is 799. The Kier molecular flexibility index (Phi) is 5.07. The fourth-order valence-electron chi connectivity index (χ4n) is 3.43. The van der Waals surface area contributed by atoms with Crippen molar-refractivity contribution in [3.8, 4) is 5.75 Å². The van der Waals surface area contributed by atoms with E-state index in [2.05, 4.69) is 4.18 Å². The number of fused-ring (bicyclic) bond motifs is 1. The highest BCUT2D eigenvalue weighted by Gasteiger charge is 2.50. The number of cyclic esters (lactones) is 1. The lowest BCUT2D eigenvalue weighted by molar-refractivity contribution is 0.133. The number of rotatable bonds is 5. The van der Waals surface area contributed by atoms with Crippen molar-refractivity contribution in [1.82, 2.24) is 4.90 Å². The summed E-state index contributed by atoms with van der Waals surface area (Å²) >= 11 is 12.5. The topological polar surface area (TPSA) is 82.1 Å². The SMILES string of the molecule is COc1ccc(Cl)c(Cl)c1[C@H]1C[C@H]2C(CS(=O)(=O)OC)OC(=O)N2C1. The Morgan fingerprint density at radius 1 is 1.32 bits per heavy atom. The second-order valence-electron chi connectivity index (χ2n) is 5.94. The summed E-state index contributed by atoms with van der Waals surface area (Å²) in [6.45, 7) is 0.351. The van der Waals surface area contributed by atoms with E-state index in [0.29, 0.717) is 34.3 Å². The van der Waals surface area contributed by atoms with Gasteiger partial charge in [0.15, 0.2) is 0 Å². The summed E-state index contributed by atoms with van der Waals surface area (Å²) in [6, 6.07) is 2.99. The minimum atomic E-state index is -3.75. The van der Waals surface area contributed by atoms with Gasteiger partial charge in [-0.05, 0) is 18.6 Å². The van der Waals surface area contributed by atoms with E-state index in [-0.39, 0.29) is 17.7 Å². The van der Waals surface area contributed by atoms with E-state index in [9.17, 15) is 13.2 Å². The Morgan fingerprint density at radius 3 is 2.68 bits per heavy atom. The third-order valence-electron chi connectivity index (χ3n) is 4.60. The van der Waals surface area contributed by atoms with Gasteiger partial charge in [-0.2, -0.15) is 8.42 Å². The van der Waals surface area contributed by atoms with Crippen LogP contribution in [0.1, 0.15) is 17.9 Å². The van der Waals surface area contributed by atoms with Crippen LogP contribution in [0.5, 0.6) is 5.75 Å². The molecule has 0 spiro atoms. The minimum absolute atomic E-state index is 0.133. The highest BCUT2D eigenvalue weighted by molar-refractivity contribution is 7.86. The van der Waals surface area contributed by atoms with Crippen molar-refractivity contribution in [2.24, 2.45) is 0 Å². The van der Waals surface area contributed by atoms with E-state index in [0.717, 1.165) is 7.11 Å². The molecule has 138 valence electrons. The van der Waals surface area contributed by atoms with Crippen molar-refractivity contribution in [3.05, 3.63) is 27.7 Å². The van der Waals surface area contributed by atoms with Gasteiger partial charge >= 0.3 is 6.09 Å². The Hall–Kier alpha value is -1.22. The number of ether oxygens (including phenoxy) is 2. The van der Waals surface area contributed by atoms with Crippen LogP contribution < -0.4 is 4.74 Å². The molecule has 2 saturated heterocycles. The number of hydrogen-bond acceptors (Lipinski definition) is 6. The predicted octanol–water partition coefficient (Wildman–Crippen LogP) is 2.65. The third kappa shape index (κ3) is 3.40. The van der Waals surface area contributed by atoms with Crippen LogP contribution in [0, 0.1) is 0 Å². The first-order valence-corrected chi connectivity index (χ1v) is 9.88. The number of benzene rings is 1. The molecule has 2 aliphatic heterocycles. The zero-order chi connectivity index (χ0) is 18.4. The summed E-state index contributed by atoms with van der Waals surface area (Å²) in [7, 11) is -1.14. The summed E-state index contributed by atoms with van der Waals surface area (Å²) in [5.41, 5.74) is 0.715. The highest BCUT2D eigenvalue weighted by atomic mass is 35.5. The second kappa shape index (κ2) is 6.83. The van der Waals surface area contributed by atoms with Crippen LogP contribution in [0.4, 0.5) is 4.79 Å². The average molecular weight is 410 g/mol. The van der Waals surface area contributed by atoms with E-state index >= 15 is 0 Å². The Morgan fingerprint density at radius 2 is 2.04 bits per heavy atom. The van der Waals surface area contributed by atoms with Gasteiger partial charge in [0.25, 0.3) is 10.1 Å². The van der Waals surface area contributed by atoms with E-state index in [1.165, 1.54) is 12.0 Å². The number of carbonyl (C=O) groups is 1. The van der Waals surface area contributed by atoms with Gasteiger partial charge < -0.3 is 14.4 Å². The fraction of sp³-hybridized carbons (Fsp3) is 0.533. The monoisotopic (exact) mass is 409 g/mol. The van der Waals surface area contributed by atoms with E-state index in [1.54, 1.807) is 12.1 Å². The maximum absolute atomic E-state index is 12.1. The number of methoxy groups -OCH3 is 1. The number of hydrogen-bond donors (Lipinski definition) is 0. The standard InChI is InChI=1S/C15H17Cl2NO6S/c1-22-11-4-3-9(16)14(17)13(11)8-5-10-12(7-25(20,21)23-2)24-15(19)18(10)6-8/h3-4,8,10,12H,5-7H2,1-2H3/t8-,10-,12?/m0/s1. The molecule has 1 unspecified atom stereocenters. The molecule has 0 radical (unpaired) electrons. The van der Waals surface area contributed by atoms with Gasteiger partial charge in [0.2, 0.25) is 0 Å². The van der Waals surface area contributed by atoms with Gasteiger partial charge in [-0.25, -0.2) is 4.79 Å². The summed E-state index contributed by atoms with van der Waals surface area (Å²) < 4.78 is 38.5. The number of carbonyl (C=O) groups excluding carboxylic acids is 1. The lowest BCUT2D eigenvalue weighted by atomic mass is 9.94. The molecule has 1 aromatic carbocycles. The minimum Gasteiger partial charge on any atom is -0.496 e. The van der Waals surface area contributed by atoms with Crippen LogP contribution in [0.15, 0.2) is 12.1 Å². The zero-order valence-electron chi connectivity index (χ0n) is 13.6. The molecule has 25 heavy (non-hydrogen) atoms. The Labute approximate surface area is 155 Å². The first-order valence-electron chi connectivity index (χ1n) is 7.54. The molecule has 3 atom stereocenters. The second-order valence-corrected chi connectivity index (χ2v) is 8.51. The van der Waals surface area contributed by atoms with E-state index in [1.807, 2.05) is 0 Å². The quantitative estimate of drug-likeness (QED) is 0.695. The van der Waals surface area contributed by atoms with Gasteiger partial charge in [-0.3, -0.25) is 4.18 Å². The van der Waals surface area contributed by atoms with Crippen molar-refractivity contribution in [2.75, 3.05) is 26.5 Å². The summed E-state index contributed by atoms with van der Waals surface area (Å²) in [6.07, 6.45) is -0.834. The first kappa shape index (κ1) is 18.6. The molecule has 0 aliphatic carbocycles. The van der Waals surface area contributed by atoms with Gasteiger partial charge in [-0.1, -0.05) is 23.2 Å². The maximum atomic E-state index is 12.1. The number of halogens is 2. The molecular weight excluding hydrogens is 393 g/mol. The molecule has 0 aromatic heterocycles. The number of nitrogens with zero attached hydrogens (tertiary/aromatic N) is 1.